The second kappa shape index (κ2) is 14.8. The van der Waals surface area contributed by atoms with E-state index in [1.165, 1.54) is 12.1 Å². The SMILES string of the molecule is CC.CC.CC1=Nc2ccc3cc(-c4cc(C(=O)NCCS(=O)(=O)O)nc(C(=O)NCCS(=O)(=O)O)c4)ccc3c2C1(C)C. The predicted molar refractivity (Wildman–Crippen MR) is 173 cm³/mol. The molecule has 0 saturated heterocycles. The summed E-state index contributed by atoms with van der Waals surface area (Å²) in [5.74, 6) is -3.00. The van der Waals surface area contributed by atoms with E-state index in [0.29, 0.717) is 11.1 Å². The molecule has 0 radical (unpaired) electrons. The zero-order valence-corrected chi connectivity index (χ0v) is 27.6. The van der Waals surface area contributed by atoms with Crippen LogP contribution in [0.25, 0.3) is 21.9 Å². The number of aliphatic imine (C=N–C) groups is 1. The van der Waals surface area contributed by atoms with E-state index in [9.17, 15) is 26.4 Å². The first-order valence-corrected chi connectivity index (χ1v) is 17.4. The molecule has 0 fully saturated rings. The molecule has 1 aliphatic heterocycles. The van der Waals surface area contributed by atoms with Crippen molar-refractivity contribution < 1.29 is 35.5 Å². The third kappa shape index (κ3) is 9.14. The summed E-state index contributed by atoms with van der Waals surface area (Å²) in [6, 6.07) is 12.4. The van der Waals surface area contributed by atoms with Gasteiger partial charge >= 0.3 is 0 Å². The van der Waals surface area contributed by atoms with Gasteiger partial charge in [0.25, 0.3) is 32.1 Å². The molecule has 0 bridgehead atoms. The zero-order chi connectivity index (χ0) is 33.5. The molecule has 0 spiro atoms. The summed E-state index contributed by atoms with van der Waals surface area (Å²) >= 11 is 0. The fourth-order valence-electron chi connectivity index (χ4n) is 4.45. The molecular formula is C30H40N4O8S2. The molecule has 4 N–H and O–H groups in total. The maximum atomic E-state index is 12.8. The largest absolute Gasteiger partial charge is 0.350 e. The minimum Gasteiger partial charge on any atom is -0.350 e. The molecule has 2 amide bonds. The number of fused-ring (bicyclic) bond motifs is 3. The minimum absolute atomic E-state index is 0.202. The monoisotopic (exact) mass is 648 g/mol. The first-order valence-electron chi connectivity index (χ1n) is 14.2. The summed E-state index contributed by atoms with van der Waals surface area (Å²) < 4.78 is 61.9. The summed E-state index contributed by atoms with van der Waals surface area (Å²) in [7, 11) is -8.62. The van der Waals surface area contributed by atoms with Gasteiger partial charge in [0.1, 0.15) is 11.4 Å². The van der Waals surface area contributed by atoms with Crippen LogP contribution in [-0.4, -0.2) is 73.0 Å². The van der Waals surface area contributed by atoms with Gasteiger partial charge in [-0.25, -0.2) is 4.98 Å². The summed E-state index contributed by atoms with van der Waals surface area (Å²) in [5, 5.41) is 6.59. The highest BCUT2D eigenvalue weighted by Crippen LogP contribution is 2.44. The zero-order valence-electron chi connectivity index (χ0n) is 25.9. The van der Waals surface area contributed by atoms with Gasteiger partial charge in [-0.3, -0.25) is 23.7 Å². The Morgan fingerprint density at radius 2 is 1.27 bits per heavy atom. The fraction of sp³-hybridized carbons (Fsp3) is 0.400. The van der Waals surface area contributed by atoms with Crippen LogP contribution in [0.5, 0.6) is 0 Å². The summed E-state index contributed by atoms with van der Waals surface area (Å²) in [6.45, 7) is 13.4. The molecule has 0 atom stereocenters. The smallest absolute Gasteiger partial charge is 0.269 e. The molecule has 1 aliphatic rings. The summed E-state index contributed by atoms with van der Waals surface area (Å²) in [6.07, 6.45) is 0. The third-order valence-electron chi connectivity index (χ3n) is 6.73. The van der Waals surface area contributed by atoms with E-state index < -0.39 is 56.6 Å². The lowest BCUT2D eigenvalue weighted by molar-refractivity contribution is 0.0947. The van der Waals surface area contributed by atoms with E-state index >= 15 is 0 Å². The first-order chi connectivity index (χ1) is 20.5. The Morgan fingerprint density at radius 3 is 1.75 bits per heavy atom. The van der Waals surface area contributed by atoms with Crippen LogP contribution >= 0.6 is 0 Å². The quantitative estimate of drug-likeness (QED) is 0.241. The molecule has 0 unspecified atom stereocenters. The lowest BCUT2D eigenvalue weighted by Gasteiger charge is -2.22. The highest BCUT2D eigenvalue weighted by atomic mass is 32.2. The lowest BCUT2D eigenvalue weighted by atomic mass is 9.79. The predicted octanol–water partition coefficient (Wildman–Crippen LogP) is 4.57. The Balaban J connectivity index is 0.00000162. The molecule has 44 heavy (non-hydrogen) atoms. The number of hydrogen-bond donors (Lipinski definition) is 4. The van der Waals surface area contributed by atoms with E-state index in [1.54, 1.807) is 0 Å². The van der Waals surface area contributed by atoms with Crippen molar-refractivity contribution >= 4 is 54.2 Å². The topological polar surface area (TPSA) is 192 Å². The molecule has 240 valence electrons. The van der Waals surface area contributed by atoms with E-state index in [1.807, 2.05) is 65.0 Å². The van der Waals surface area contributed by atoms with Crippen LogP contribution in [0, 0.1) is 0 Å². The average Bonchev–Trinajstić information content (AvgIpc) is 3.20. The molecule has 2 aromatic carbocycles. The molecule has 14 heteroatoms. The van der Waals surface area contributed by atoms with Crippen molar-refractivity contribution in [2.24, 2.45) is 4.99 Å². The molecule has 2 heterocycles. The van der Waals surface area contributed by atoms with Crippen LogP contribution in [0.15, 0.2) is 47.5 Å². The number of rotatable bonds is 9. The normalized spacial score (nSPS) is 13.4. The van der Waals surface area contributed by atoms with Crippen molar-refractivity contribution in [2.75, 3.05) is 24.6 Å². The highest BCUT2D eigenvalue weighted by Gasteiger charge is 2.33. The lowest BCUT2D eigenvalue weighted by Crippen LogP contribution is -2.32. The van der Waals surface area contributed by atoms with Gasteiger partial charge < -0.3 is 10.6 Å². The number of nitrogens with one attached hydrogen (secondary N) is 2. The number of pyridine rings is 1. The van der Waals surface area contributed by atoms with Crippen LogP contribution in [0.1, 0.15) is 75.0 Å². The first kappa shape index (κ1) is 36.5. The van der Waals surface area contributed by atoms with Gasteiger partial charge in [0.2, 0.25) is 0 Å². The molecule has 12 nitrogen and oxygen atoms in total. The number of hydrogen-bond acceptors (Lipinski definition) is 8. The van der Waals surface area contributed by atoms with Crippen molar-refractivity contribution in [1.82, 2.24) is 15.6 Å². The van der Waals surface area contributed by atoms with Crippen LogP contribution in [0.2, 0.25) is 0 Å². The minimum atomic E-state index is -4.31. The molecule has 3 aromatic rings. The number of benzene rings is 2. The second-order valence-electron chi connectivity index (χ2n) is 9.93. The number of aromatic nitrogens is 1. The second-order valence-corrected chi connectivity index (χ2v) is 13.1. The van der Waals surface area contributed by atoms with Crippen LogP contribution < -0.4 is 10.6 Å². The molecule has 1 aromatic heterocycles. The van der Waals surface area contributed by atoms with E-state index in [-0.39, 0.29) is 16.8 Å². The van der Waals surface area contributed by atoms with Gasteiger partial charge in [0, 0.05) is 24.2 Å². The number of carbonyl (C=O) groups excluding carboxylic acids is 2. The van der Waals surface area contributed by atoms with Crippen molar-refractivity contribution in [3.63, 3.8) is 0 Å². The Kier molecular flexibility index (Phi) is 12.3. The summed E-state index contributed by atoms with van der Waals surface area (Å²) in [5.41, 5.74) is 3.45. The number of nitrogens with zero attached hydrogens (tertiary/aromatic N) is 2. The number of carbonyl (C=O) groups is 2. The van der Waals surface area contributed by atoms with E-state index in [4.69, 9.17) is 9.11 Å². The van der Waals surface area contributed by atoms with Crippen molar-refractivity contribution in [3.8, 4) is 11.1 Å². The van der Waals surface area contributed by atoms with Crippen LogP contribution in [0.3, 0.4) is 0 Å². The van der Waals surface area contributed by atoms with Crippen molar-refractivity contribution in [3.05, 3.63) is 59.4 Å². The third-order valence-corrected chi connectivity index (χ3v) is 8.17. The molecule has 0 aliphatic carbocycles. The Hall–Kier alpha value is -3.72. The Labute approximate surface area is 258 Å². The van der Waals surface area contributed by atoms with Gasteiger partial charge in [-0.2, -0.15) is 16.8 Å². The molecule has 4 rings (SSSR count). The van der Waals surface area contributed by atoms with Crippen LogP contribution in [0.4, 0.5) is 5.69 Å². The molecular weight excluding hydrogens is 608 g/mol. The standard InChI is InChI=1S/C26H28N4O8S2.2C2H6/c1-15-26(2,3)23-19-6-4-16(12-17(19)5-7-20(23)29-15)18-13-21(24(31)27-8-10-39(33,34)35)30-22(14-18)25(32)28-9-11-40(36,37)38;2*1-2/h4-7,12-14H,8-11H2,1-3H3,(H,27,31)(H,28,32)(H,33,34,35)(H,36,37,38);2*1-2H3. The van der Waals surface area contributed by atoms with Gasteiger partial charge in [0.05, 0.1) is 17.2 Å². The van der Waals surface area contributed by atoms with Gasteiger partial charge in [-0.1, -0.05) is 59.7 Å². The van der Waals surface area contributed by atoms with Crippen LogP contribution in [-0.2, 0) is 25.7 Å². The van der Waals surface area contributed by atoms with Crippen molar-refractivity contribution in [1.29, 1.82) is 0 Å². The molecule has 0 saturated carbocycles. The average molecular weight is 649 g/mol. The number of amides is 2. The maximum Gasteiger partial charge on any atom is 0.269 e. The maximum absolute atomic E-state index is 12.8. The van der Waals surface area contributed by atoms with Gasteiger partial charge in [-0.15, -0.1) is 0 Å². The Bertz CT molecular complexity index is 1720. The van der Waals surface area contributed by atoms with Crippen molar-refractivity contribution in [2.45, 2.75) is 53.9 Å². The van der Waals surface area contributed by atoms with E-state index in [2.05, 4.69) is 34.5 Å². The summed E-state index contributed by atoms with van der Waals surface area (Å²) in [4.78, 5) is 34.3. The van der Waals surface area contributed by atoms with Gasteiger partial charge in [0.15, 0.2) is 0 Å². The Morgan fingerprint density at radius 1 is 0.773 bits per heavy atom. The van der Waals surface area contributed by atoms with Gasteiger partial charge in [-0.05, 0) is 58.7 Å². The highest BCUT2D eigenvalue weighted by molar-refractivity contribution is 7.86. The van der Waals surface area contributed by atoms with E-state index in [0.717, 1.165) is 27.7 Å². The fourth-order valence-corrected chi connectivity index (χ4v) is 5.17.